The summed E-state index contributed by atoms with van der Waals surface area (Å²) >= 11 is 5.46. The topological polar surface area (TPSA) is 54.0 Å². The molecule has 1 amide bonds. The summed E-state index contributed by atoms with van der Waals surface area (Å²) in [5, 5.41) is 3.33. The Morgan fingerprint density at radius 3 is 2.37 bits per heavy atom. The van der Waals surface area contributed by atoms with E-state index >= 15 is 0 Å². The van der Waals surface area contributed by atoms with Crippen LogP contribution in [-0.2, 0) is 11.3 Å². The van der Waals surface area contributed by atoms with Crippen molar-refractivity contribution >= 4 is 23.2 Å². The number of thiocarbonyl (C=S) groups is 1. The van der Waals surface area contributed by atoms with Gasteiger partial charge in [-0.3, -0.25) is 15.0 Å². The number of nitrogens with one attached hydrogen (secondary N) is 1. The first-order chi connectivity index (χ1) is 14.7. The van der Waals surface area contributed by atoms with Crippen LogP contribution in [0.1, 0.15) is 22.8 Å². The lowest BCUT2D eigenvalue weighted by Crippen LogP contribution is -2.52. The molecule has 1 N–H and O–H groups in total. The van der Waals surface area contributed by atoms with Gasteiger partial charge >= 0.3 is 0 Å². The molecule has 1 heterocycles. The molecule has 160 valence electrons. The van der Waals surface area contributed by atoms with Gasteiger partial charge in [-0.05, 0) is 49.0 Å². The van der Waals surface area contributed by atoms with E-state index in [-0.39, 0.29) is 5.91 Å². The zero-order valence-corrected chi connectivity index (χ0v) is 18.2. The molecular formula is C23H29N3O3S. The third kappa shape index (κ3) is 6.79. The van der Waals surface area contributed by atoms with Crippen LogP contribution in [0, 0.1) is 0 Å². The second-order valence-electron chi connectivity index (χ2n) is 7.08. The van der Waals surface area contributed by atoms with E-state index < -0.39 is 0 Å². The van der Waals surface area contributed by atoms with Gasteiger partial charge in [0.1, 0.15) is 12.4 Å². The SMILES string of the molecule is CCOCCOc1ccc(C(=O)NC(=S)N2CCN(Cc3ccccc3)CC2)cc1. The Morgan fingerprint density at radius 1 is 1.00 bits per heavy atom. The number of hydrogen-bond acceptors (Lipinski definition) is 5. The molecule has 1 aliphatic rings. The molecule has 7 heteroatoms. The van der Waals surface area contributed by atoms with Gasteiger partial charge in [-0.25, -0.2) is 0 Å². The van der Waals surface area contributed by atoms with Crippen molar-refractivity contribution in [3.63, 3.8) is 0 Å². The Hall–Kier alpha value is -2.48. The molecule has 0 unspecified atom stereocenters. The summed E-state index contributed by atoms with van der Waals surface area (Å²) in [6.45, 7) is 8.03. The van der Waals surface area contributed by atoms with Crippen molar-refractivity contribution in [1.29, 1.82) is 0 Å². The molecule has 0 aromatic heterocycles. The Bertz CT molecular complexity index is 806. The summed E-state index contributed by atoms with van der Waals surface area (Å²) in [5.41, 5.74) is 1.87. The van der Waals surface area contributed by atoms with E-state index in [1.807, 2.05) is 13.0 Å². The van der Waals surface area contributed by atoms with Gasteiger partial charge in [0, 0.05) is 44.9 Å². The maximum absolute atomic E-state index is 12.5. The molecule has 0 saturated carbocycles. The summed E-state index contributed by atoms with van der Waals surface area (Å²) < 4.78 is 10.8. The van der Waals surface area contributed by atoms with E-state index in [4.69, 9.17) is 21.7 Å². The second kappa shape index (κ2) is 11.6. The average molecular weight is 428 g/mol. The maximum Gasteiger partial charge on any atom is 0.257 e. The van der Waals surface area contributed by atoms with Crippen LogP contribution in [0.4, 0.5) is 0 Å². The third-order valence-corrected chi connectivity index (χ3v) is 5.31. The van der Waals surface area contributed by atoms with Gasteiger partial charge < -0.3 is 14.4 Å². The predicted molar refractivity (Wildman–Crippen MR) is 122 cm³/mol. The van der Waals surface area contributed by atoms with Crippen LogP contribution in [0.15, 0.2) is 54.6 Å². The van der Waals surface area contributed by atoms with Crippen molar-refractivity contribution in [2.45, 2.75) is 13.5 Å². The molecular weight excluding hydrogens is 398 g/mol. The smallest absolute Gasteiger partial charge is 0.257 e. The number of rotatable bonds is 8. The molecule has 0 bridgehead atoms. The monoisotopic (exact) mass is 427 g/mol. The normalized spacial score (nSPS) is 14.4. The van der Waals surface area contributed by atoms with Crippen LogP contribution < -0.4 is 10.1 Å². The highest BCUT2D eigenvalue weighted by Crippen LogP contribution is 2.13. The third-order valence-electron chi connectivity index (χ3n) is 4.95. The highest BCUT2D eigenvalue weighted by atomic mass is 32.1. The molecule has 6 nitrogen and oxygen atoms in total. The predicted octanol–water partition coefficient (Wildman–Crippen LogP) is 2.93. The molecule has 2 aromatic carbocycles. The molecule has 0 spiro atoms. The highest BCUT2D eigenvalue weighted by molar-refractivity contribution is 7.80. The van der Waals surface area contributed by atoms with E-state index in [0.29, 0.717) is 36.2 Å². The van der Waals surface area contributed by atoms with Crippen molar-refractivity contribution in [3.05, 3.63) is 65.7 Å². The summed E-state index contributed by atoms with van der Waals surface area (Å²) in [4.78, 5) is 17.0. The van der Waals surface area contributed by atoms with Crippen LogP contribution in [0.5, 0.6) is 5.75 Å². The molecule has 2 aromatic rings. The van der Waals surface area contributed by atoms with Crippen molar-refractivity contribution in [1.82, 2.24) is 15.1 Å². The largest absolute Gasteiger partial charge is 0.491 e. The average Bonchev–Trinajstić information content (AvgIpc) is 2.78. The Morgan fingerprint density at radius 2 is 1.70 bits per heavy atom. The van der Waals surface area contributed by atoms with Gasteiger partial charge in [0.2, 0.25) is 0 Å². The highest BCUT2D eigenvalue weighted by Gasteiger charge is 2.20. The van der Waals surface area contributed by atoms with E-state index in [2.05, 4.69) is 39.4 Å². The quantitative estimate of drug-likeness (QED) is 0.516. The number of ether oxygens (including phenoxy) is 2. The van der Waals surface area contributed by atoms with Crippen molar-refractivity contribution in [2.24, 2.45) is 0 Å². The van der Waals surface area contributed by atoms with Gasteiger partial charge in [-0.1, -0.05) is 30.3 Å². The number of nitrogens with zero attached hydrogens (tertiary/aromatic N) is 2. The standard InChI is InChI=1S/C23H29N3O3S/c1-2-28-16-17-29-21-10-8-20(9-11-21)22(27)24-23(30)26-14-12-25(13-15-26)18-19-6-4-3-5-7-19/h3-11H,2,12-18H2,1H3,(H,24,27,30). The number of piperazine rings is 1. The molecule has 1 saturated heterocycles. The van der Waals surface area contributed by atoms with E-state index in [9.17, 15) is 4.79 Å². The fraction of sp³-hybridized carbons (Fsp3) is 0.391. The first-order valence-corrected chi connectivity index (χ1v) is 10.7. The lowest BCUT2D eigenvalue weighted by Gasteiger charge is -2.36. The minimum Gasteiger partial charge on any atom is -0.491 e. The summed E-state index contributed by atoms with van der Waals surface area (Å²) in [6, 6.07) is 17.5. The van der Waals surface area contributed by atoms with Crippen molar-refractivity contribution < 1.29 is 14.3 Å². The number of carbonyl (C=O) groups is 1. The molecule has 0 radical (unpaired) electrons. The number of carbonyl (C=O) groups excluding carboxylic acids is 1. The van der Waals surface area contributed by atoms with Gasteiger partial charge in [0.05, 0.1) is 6.61 Å². The Kier molecular flexibility index (Phi) is 8.62. The fourth-order valence-corrected chi connectivity index (χ4v) is 3.54. The van der Waals surface area contributed by atoms with Gasteiger partial charge in [-0.15, -0.1) is 0 Å². The molecule has 0 atom stereocenters. The van der Waals surface area contributed by atoms with Crippen molar-refractivity contribution in [3.8, 4) is 5.75 Å². The lowest BCUT2D eigenvalue weighted by molar-refractivity contribution is 0.0968. The zero-order chi connectivity index (χ0) is 21.2. The van der Waals surface area contributed by atoms with Crippen LogP contribution >= 0.6 is 12.2 Å². The van der Waals surface area contributed by atoms with E-state index in [0.717, 1.165) is 32.7 Å². The van der Waals surface area contributed by atoms with E-state index in [1.54, 1.807) is 24.3 Å². The minimum absolute atomic E-state index is 0.201. The fourth-order valence-electron chi connectivity index (χ4n) is 3.26. The zero-order valence-electron chi connectivity index (χ0n) is 17.4. The summed E-state index contributed by atoms with van der Waals surface area (Å²) in [7, 11) is 0. The molecule has 0 aliphatic carbocycles. The molecule has 3 rings (SSSR count). The van der Waals surface area contributed by atoms with E-state index in [1.165, 1.54) is 5.56 Å². The molecule has 30 heavy (non-hydrogen) atoms. The number of hydrogen-bond donors (Lipinski definition) is 1. The van der Waals surface area contributed by atoms with Gasteiger partial charge in [0.25, 0.3) is 5.91 Å². The summed E-state index contributed by atoms with van der Waals surface area (Å²) in [6.07, 6.45) is 0. The minimum atomic E-state index is -0.201. The molecule has 1 aliphatic heterocycles. The number of amides is 1. The van der Waals surface area contributed by atoms with Crippen LogP contribution in [0.2, 0.25) is 0 Å². The Balaban J connectivity index is 1.41. The number of benzene rings is 2. The maximum atomic E-state index is 12.5. The summed E-state index contributed by atoms with van der Waals surface area (Å²) in [5.74, 6) is 0.510. The van der Waals surface area contributed by atoms with Gasteiger partial charge in [0.15, 0.2) is 5.11 Å². The molecule has 1 fully saturated rings. The van der Waals surface area contributed by atoms with Crippen LogP contribution in [-0.4, -0.2) is 66.8 Å². The first kappa shape index (κ1) is 22.2. The van der Waals surface area contributed by atoms with Crippen LogP contribution in [0.3, 0.4) is 0 Å². The lowest BCUT2D eigenvalue weighted by atomic mass is 10.2. The van der Waals surface area contributed by atoms with Gasteiger partial charge in [-0.2, -0.15) is 0 Å². The van der Waals surface area contributed by atoms with Crippen molar-refractivity contribution in [2.75, 3.05) is 46.0 Å². The van der Waals surface area contributed by atoms with Crippen LogP contribution in [0.25, 0.3) is 0 Å². The first-order valence-electron chi connectivity index (χ1n) is 10.3. The second-order valence-corrected chi connectivity index (χ2v) is 7.46. The Labute approximate surface area is 183 Å².